The van der Waals surface area contributed by atoms with E-state index in [1.165, 1.54) is 5.69 Å². The van der Waals surface area contributed by atoms with E-state index in [9.17, 15) is 4.79 Å². The molecule has 2 aromatic heterocycles. The van der Waals surface area contributed by atoms with E-state index >= 15 is 0 Å². The van der Waals surface area contributed by atoms with E-state index in [2.05, 4.69) is 19.9 Å². The fraction of sp³-hybridized carbons (Fsp3) is 0.562. The SMILES string of the molecule is Cc1ncc2n1CC(C(=O)NCc1cnc(N(C)C)n1C)CC2. The van der Waals surface area contributed by atoms with Gasteiger partial charge in [0.1, 0.15) is 5.82 Å². The van der Waals surface area contributed by atoms with Crippen LogP contribution >= 0.6 is 0 Å². The van der Waals surface area contributed by atoms with Crippen molar-refractivity contribution >= 4 is 11.9 Å². The first-order chi connectivity index (χ1) is 11.0. The Labute approximate surface area is 136 Å². The van der Waals surface area contributed by atoms with Gasteiger partial charge in [-0.3, -0.25) is 4.79 Å². The molecule has 0 saturated carbocycles. The largest absolute Gasteiger partial charge is 0.350 e. The number of aromatic nitrogens is 4. The number of hydrogen-bond donors (Lipinski definition) is 1. The Morgan fingerprint density at radius 2 is 2.17 bits per heavy atom. The number of anilines is 1. The Morgan fingerprint density at radius 1 is 1.39 bits per heavy atom. The van der Waals surface area contributed by atoms with Crippen molar-refractivity contribution in [3.63, 3.8) is 0 Å². The number of aryl methyl sites for hydroxylation is 2. The second-order valence-corrected chi connectivity index (χ2v) is 6.36. The normalized spacial score (nSPS) is 17.0. The first kappa shape index (κ1) is 15.6. The van der Waals surface area contributed by atoms with Crippen LogP contribution in [0.2, 0.25) is 0 Å². The highest BCUT2D eigenvalue weighted by Crippen LogP contribution is 2.21. The number of imidazole rings is 2. The summed E-state index contributed by atoms with van der Waals surface area (Å²) in [6.07, 6.45) is 5.52. The van der Waals surface area contributed by atoms with Gasteiger partial charge in [0.15, 0.2) is 0 Å². The maximum atomic E-state index is 12.5. The van der Waals surface area contributed by atoms with Crippen molar-refractivity contribution in [1.82, 2.24) is 24.4 Å². The van der Waals surface area contributed by atoms with Crippen LogP contribution in [0.3, 0.4) is 0 Å². The molecule has 124 valence electrons. The molecular formula is C16H24N6O. The van der Waals surface area contributed by atoms with E-state index in [-0.39, 0.29) is 11.8 Å². The minimum atomic E-state index is 0.0111. The molecule has 7 nitrogen and oxygen atoms in total. The first-order valence-electron chi connectivity index (χ1n) is 7.94. The van der Waals surface area contributed by atoms with Crippen molar-refractivity contribution in [3.8, 4) is 0 Å². The summed E-state index contributed by atoms with van der Waals surface area (Å²) in [5, 5.41) is 3.05. The highest BCUT2D eigenvalue weighted by atomic mass is 16.1. The van der Waals surface area contributed by atoms with Crippen LogP contribution in [0.5, 0.6) is 0 Å². The topological polar surface area (TPSA) is 68.0 Å². The third-order valence-electron chi connectivity index (χ3n) is 4.56. The predicted octanol–water partition coefficient (Wildman–Crippen LogP) is 0.870. The fourth-order valence-corrected chi connectivity index (χ4v) is 3.15. The zero-order chi connectivity index (χ0) is 16.6. The van der Waals surface area contributed by atoms with Crippen LogP contribution in [0.25, 0.3) is 0 Å². The lowest BCUT2D eigenvalue weighted by Gasteiger charge is -2.24. The van der Waals surface area contributed by atoms with Gasteiger partial charge in [0.2, 0.25) is 11.9 Å². The summed E-state index contributed by atoms with van der Waals surface area (Å²) < 4.78 is 4.15. The molecule has 1 N–H and O–H groups in total. The van der Waals surface area contributed by atoms with Gasteiger partial charge in [0.05, 0.1) is 24.4 Å². The Balaban J connectivity index is 1.61. The minimum absolute atomic E-state index is 0.0111. The molecule has 1 amide bonds. The zero-order valence-corrected chi connectivity index (χ0v) is 14.2. The van der Waals surface area contributed by atoms with Gasteiger partial charge >= 0.3 is 0 Å². The second-order valence-electron chi connectivity index (χ2n) is 6.36. The Hall–Kier alpha value is -2.31. The van der Waals surface area contributed by atoms with Crippen LogP contribution in [-0.4, -0.2) is 39.1 Å². The van der Waals surface area contributed by atoms with Crippen molar-refractivity contribution in [3.05, 3.63) is 29.6 Å². The molecule has 0 fully saturated rings. The van der Waals surface area contributed by atoms with Crippen molar-refractivity contribution in [1.29, 1.82) is 0 Å². The van der Waals surface area contributed by atoms with Gasteiger partial charge in [-0.1, -0.05) is 0 Å². The monoisotopic (exact) mass is 316 g/mol. The summed E-state index contributed by atoms with van der Waals surface area (Å²) >= 11 is 0. The molecule has 0 radical (unpaired) electrons. The van der Waals surface area contributed by atoms with Crippen LogP contribution in [0.15, 0.2) is 12.4 Å². The molecule has 7 heteroatoms. The molecule has 0 saturated heterocycles. The maximum Gasteiger partial charge on any atom is 0.225 e. The summed E-state index contributed by atoms with van der Waals surface area (Å²) in [5.41, 5.74) is 2.23. The number of fused-ring (bicyclic) bond motifs is 1. The van der Waals surface area contributed by atoms with Crippen LogP contribution in [0.4, 0.5) is 5.95 Å². The van der Waals surface area contributed by atoms with Crippen LogP contribution in [0, 0.1) is 12.8 Å². The van der Waals surface area contributed by atoms with Gasteiger partial charge in [0, 0.05) is 39.6 Å². The smallest absolute Gasteiger partial charge is 0.225 e. The number of carbonyl (C=O) groups excluding carboxylic acids is 1. The number of nitrogens with one attached hydrogen (secondary N) is 1. The lowest BCUT2D eigenvalue weighted by atomic mass is 9.97. The summed E-state index contributed by atoms with van der Waals surface area (Å²) in [6, 6.07) is 0. The lowest BCUT2D eigenvalue weighted by Crippen LogP contribution is -2.36. The highest BCUT2D eigenvalue weighted by Gasteiger charge is 2.25. The van der Waals surface area contributed by atoms with Gasteiger partial charge in [-0.25, -0.2) is 9.97 Å². The van der Waals surface area contributed by atoms with E-state index < -0.39 is 0 Å². The fourth-order valence-electron chi connectivity index (χ4n) is 3.15. The second kappa shape index (κ2) is 6.06. The minimum Gasteiger partial charge on any atom is -0.350 e. The van der Waals surface area contributed by atoms with Gasteiger partial charge in [-0.2, -0.15) is 0 Å². The number of carbonyl (C=O) groups is 1. The molecule has 0 aliphatic carbocycles. The van der Waals surface area contributed by atoms with Gasteiger partial charge in [0.25, 0.3) is 0 Å². The van der Waals surface area contributed by atoms with Crippen LogP contribution < -0.4 is 10.2 Å². The highest BCUT2D eigenvalue weighted by molar-refractivity contribution is 5.78. The van der Waals surface area contributed by atoms with Crippen LogP contribution in [0.1, 0.15) is 23.6 Å². The van der Waals surface area contributed by atoms with Crippen molar-refractivity contribution < 1.29 is 4.79 Å². The number of hydrogen-bond acceptors (Lipinski definition) is 4. The predicted molar refractivity (Wildman–Crippen MR) is 88.2 cm³/mol. The molecule has 3 heterocycles. The molecule has 1 aliphatic heterocycles. The zero-order valence-electron chi connectivity index (χ0n) is 14.2. The third kappa shape index (κ3) is 2.95. The Morgan fingerprint density at radius 3 is 2.87 bits per heavy atom. The quantitative estimate of drug-likeness (QED) is 0.909. The molecule has 0 spiro atoms. The Bertz CT molecular complexity index is 714. The third-order valence-corrected chi connectivity index (χ3v) is 4.56. The first-order valence-corrected chi connectivity index (χ1v) is 7.94. The summed E-state index contributed by atoms with van der Waals surface area (Å²) in [5.74, 6) is 1.98. The average Bonchev–Trinajstić information content (AvgIpc) is 3.08. The van der Waals surface area contributed by atoms with E-state index in [1.807, 2.05) is 49.9 Å². The standard InChI is InChI=1S/C16H24N6O/c1-11-17-7-13-6-5-12(10-22(11)13)15(23)18-8-14-9-19-16(20(2)3)21(14)4/h7,9,12H,5-6,8,10H2,1-4H3,(H,18,23). The molecule has 23 heavy (non-hydrogen) atoms. The summed E-state index contributed by atoms with van der Waals surface area (Å²) in [6.45, 7) is 3.21. The van der Waals surface area contributed by atoms with Crippen LogP contribution in [-0.2, 0) is 31.4 Å². The van der Waals surface area contributed by atoms with E-state index in [4.69, 9.17) is 0 Å². The van der Waals surface area contributed by atoms with Gasteiger partial charge in [-0.05, 0) is 19.8 Å². The summed E-state index contributed by atoms with van der Waals surface area (Å²) in [7, 11) is 5.88. The molecule has 1 unspecified atom stereocenters. The van der Waals surface area contributed by atoms with Gasteiger partial charge in [-0.15, -0.1) is 0 Å². The number of nitrogens with zero attached hydrogens (tertiary/aromatic N) is 5. The molecule has 3 rings (SSSR count). The number of amides is 1. The lowest BCUT2D eigenvalue weighted by molar-refractivity contribution is -0.126. The van der Waals surface area contributed by atoms with Crippen molar-refractivity contribution in [2.45, 2.75) is 32.9 Å². The van der Waals surface area contributed by atoms with Crippen molar-refractivity contribution in [2.24, 2.45) is 13.0 Å². The molecule has 1 atom stereocenters. The van der Waals surface area contributed by atoms with Crippen molar-refractivity contribution in [2.75, 3.05) is 19.0 Å². The Kier molecular flexibility index (Phi) is 4.11. The molecule has 2 aromatic rings. The van der Waals surface area contributed by atoms with E-state index in [0.29, 0.717) is 6.54 Å². The molecule has 0 bridgehead atoms. The molecule has 1 aliphatic rings. The molecule has 0 aromatic carbocycles. The van der Waals surface area contributed by atoms with E-state index in [1.54, 1.807) is 0 Å². The van der Waals surface area contributed by atoms with Gasteiger partial charge < -0.3 is 19.4 Å². The number of rotatable bonds is 4. The summed E-state index contributed by atoms with van der Waals surface area (Å²) in [4.78, 5) is 23.1. The molecular weight excluding hydrogens is 292 g/mol. The maximum absolute atomic E-state index is 12.5. The van der Waals surface area contributed by atoms with E-state index in [0.717, 1.165) is 36.9 Å². The average molecular weight is 316 g/mol.